The predicted molar refractivity (Wildman–Crippen MR) is 267 cm³/mol. The van der Waals surface area contributed by atoms with E-state index < -0.39 is 0 Å². The lowest BCUT2D eigenvalue weighted by atomic mass is 10.00. The lowest BCUT2D eigenvalue weighted by molar-refractivity contribution is 0.669. The molecule has 0 saturated heterocycles. The van der Waals surface area contributed by atoms with Crippen LogP contribution >= 0.6 is 0 Å². The molecule has 0 atom stereocenters. The molecule has 0 amide bonds. The van der Waals surface area contributed by atoms with Gasteiger partial charge in [0.25, 0.3) is 0 Å². The summed E-state index contributed by atoms with van der Waals surface area (Å²) in [5.74, 6) is 0. The van der Waals surface area contributed by atoms with Gasteiger partial charge in [0.1, 0.15) is 22.3 Å². The Kier molecular flexibility index (Phi) is 7.36. The average Bonchev–Trinajstić information content (AvgIpc) is 4.12. The van der Waals surface area contributed by atoms with Gasteiger partial charge in [-0.2, -0.15) is 0 Å². The summed E-state index contributed by atoms with van der Waals surface area (Å²) in [5, 5.41) is 9.67. The van der Waals surface area contributed by atoms with Crippen molar-refractivity contribution in [3.63, 3.8) is 0 Å². The summed E-state index contributed by atoms with van der Waals surface area (Å²) in [6.07, 6.45) is 0. The molecule has 0 fully saturated rings. The number of furan rings is 2. The van der Waals surface area contributed by atoms with Crippen molar-refractivity contribution in [1.29, 1.82) is 0 Å². The Bertz CT molecular complexity index is 3960. The molecule has 0 aliphatic heterocycles. The molecule has 0 unspecified atom stereocenters. The summed E-state index contributed by atoms with van der Waals surface area (Å²) in [7, 11) is 0. The minimum absolute atomic E-state index is 0.900. The number of nitrogens with zero attached hydrogens (tertiary/aromatic N) is 2. The number of hydrogen-bond donors (Lipinski definition) is 0. The topological polar surface area (TPSA) is 33.9 Å². The molecule has 0 aliphatic carbocycles. The van der Waals surface area contributed by atoms with Crippen molar-refractivity contribution in [2.24, 2.45) is 0 Å². The second kappa shape index (κ2) is 13.4. The van der Waals surface area contributed by atoms with Crippen molar-refractivity contribution >= 4 is 99.0 Å². The van der Waals surface area contributed by atoms with Gasteiger partial charge in [-0.3, -0.25) is 0 Å². The standard InChI is InChI=1S/C60H36N2O2/c1-4-19-54-46(10-1)49-15-9-16-50-53-36-40(28-35-55(53)62(54)58(49)50)37-22-29-41(30-23-37)61(42-31-24-38(25-32-42)44-13-7-17-51-47-11-2-5-20-56(47)63-59(44)51)43-33-26-39(27-34-43)45-14-8-18-52-48-12-3-6-21-57(48)64-60(45)52/h1-36H. The molecule has 0 radical (unpaired) electrons. The molecule has 298 valence electrons. The normalized spacial score (nSPS) is 12.1. The van der Waals surface area contributed by atoms with Gasteiger partial charge in [-0.1, -0.05) is 152 Å². The number of aromatic nitrogens is 1. The van der Waals surface area contributed by atoms with Gasteiger partial charge in [-0.05, 0) is 89.0 Å². The van der Waals surface area contributed by atoms with Crippen LogP contribution < -0.4 is 4.90 Å². The predicted octanol–water partition coefficient (Wildman–Crippen LogP) is 17.1. The first-order chi connectivity index (χ1) is 31.7. The zero-order valence-corrected chi connectivity index (χ0v) is 34.5. The minimum atomic E-state index is 0.900. The van der Waals surface area contributed by atoms with Crippen LogP contribution in [0.3, 0.4) is 0 Å². The van der Waals surface area contributed by atoms with Crippen molar-refractivity contribution < 1.29 is 8.83 Å². The van der Waals surface area contributed by atoms with E-state index in [4.69, 9.17) is 8.83 Å². The monoisotopic (exact) mass is 816 g/mol. The molecule has 10 aromatic carbocycles. The molecule has 0 spiro atoms. The largest absolute Gasteiger partial charge is 0.455 e. The van der Waals surface area contributed by atoms with E-state index in [1.54, 1.807) is 0 Å². The average molecular weight is 817 g/mol. The van der Waals surface area contributed by atoms with Crippen molar-refractivity contribution in [3.8, 4) is 33.4 Å². The van der Waals surface area contributed by atoms with Crippen molar-refractivity contribution in [2.75, 3.05) is 4.90 Å². The van der Waals surface area contributed by atoms with Gasteiger partial charge >= 0.3 is 0 Å². The maximum absolute atomic E-state index is 6.44. The molecule has 0 aliphatic rings. The van der Waals surface area contributed by atoms with Crippen LogP contribution in [0.4, 0.5) is 17.1 Å². The first kappa shape index (κ1) is 35.0. The zero-order valence-electron chi connectivity index (χ0n) is 34.5. The van der Waals surface area contributed by atoms with Gasteiger partial charge in [0.15, 0.2) is 0 Å². The molecular formula is C60H36N2O2. The van der Waals surface area contributed by atoms with E-state index in [1.165, 1.54) is 49.2 Å². The third-order valence-corrected chi connectivity index (χ3v) is 13.4. The Morgan fingerprint density at radius 2 is 0.719 bits per heavy atom. The number of rotatable bonds is 6. The maximum Gasteiger partial charge on any atom is 0.143 e. The maximum atomic E-state index is 6.44. The second-order valence-corrected chi connectivity index (χ2v) is 16.8. The highest BCUT2D eigenvalue weighted by Gasteiger charge is 2.20. The molecule has 4 heteroatoms. The van der Waals surface area contributed by atoms with Crippen LogP contribution in [0.15, 0.2) is 227 Å². The van der Waals surface area contributed by atoms with Crippen LogP contribution in [0, 0.1) is 0 Å². The number of anilines is 3. The van der Waals surface area contributed by atoms with E-state index >= 15 is 0 Å². The summed E-state index contributed by atoms with van der Waals surface area (Å²) >= 11 is 0. The van der Waals surface area contributed by atoms with Gasteiger partial charge in [-0.15, -0.1) is 0 Å². The summed E-state index contributed by atoms with van der Waals surface area (Å²) in [6.45, 7) is 0. The Morgan fingerprint density at radius 1 is 0.297 bits per heavy atom. The molecule has 14 rings (SSSR count). The highest BCUT2D eigenvalue weighted by Crippen LogP contribution is 2.43. The SMILES string of the molecule is c1ccc2c(c1)oc1c(-c3ccc(N(c4ccc(-c5ccc6c(c5)c5cccc7c8ccccc8n6c75)cc4)c4ccc(-c5cccc6c5oc5ccccc56)cc4)cc3)cccc12. The fourth-order valence-corrected chi connectivity index (χ4v) is 10.4. The van der Waals surface area contributed by atoms with Crippen LogP contribution in [0.5, 0.6) is 0 Å². The molecule has 4 heterocycles. The zero-order chi connectivity index (χ0) is 41.9. The summed E-state index contributed by atoms with van der Waals surface area (Å²) in [6, 6.07) is 78.4. The fourth-order valence-electron chi connectivity index (χ4n) is 10.4. The molecule has 0 bridgehead atoms. The lowest BCUT2D eigenvalue weighted by Crippen LogP contribution is -2.09. The highest BCUT2D eigenvalue weighted by molar-refractivity contribution is 6.23. The Balaban J connectivity index is 0.868. The van der Waals surface area contributed by atoms with Gasteiger partial charge in [0.05, 0.1) is 16.6 Å². The Hall–Kier alpha value is -8.60. The lowest BCUT2D eigenvalue weighted by Gasteiger charge is -2.26. The summed E-state index contributed by atoms with van der Waals surface area (Å²) in [4.78, 5) is 2.34. The molecule has 4 aromatic heterocycles. The van der Waals surface area contributed by atoms with Crippen LogP contribution in [0.25, 0.3) is 115 Å². The third-order valence-electron chi connectivity index (χ3n) is 13.4. The Labute approximate surface area is 367 Å². The first-order valence-corrected chi connectivity index (χ1v) is 21.8. The quantitative estimate of drug-likeness (QED) is 0.168. The van der Waals surface area contributed by atoms with Crippen LogP contribution in [-0.2, 0) is 0 Å². The van der Waals surface area contributed by atoms with E-state index in [0.29, 0.717) is 0 Å². The van der Waals surface area contributed by atoms with Crippen molar-refractivity contribution in [3.05, 3.63) is 218 Å². The molecule has 64 heavy (non-hydrogen) atoms. The van der Waals surface area contributed by atoms with Gasteiger partial charge in [0.2, 0.25) is 0 Å². The number of fused-ring (bicyclic) bond motifs is 12. The third kappa shape index (κ3) is 5.11. The summed E-state index contributed by atoms with van der Waals surface area (Å²) < 4.78 is 15.3. The van der Waals surface area contributed by atoms with E-state index in [9.17, 15) is 0 Å². The molecule has 0 saturated carbocycles. The van der Waals surface area contributed by atoms with Gasteiger partial charge in [0, 0.05) is 71.3 Å². The molecular weight excluding hydrogens is 781 g/mol. The van der Waals surface area contributed by atoms with E-state index in [-0.39, 0.29) is 0 Å². The molecule has 14 aromatic rings. The van der Waals surface area contributed by atoms with Crippen LogP contribution in [0.1, 0.15) is 0 Å². The van der Waals surface area contributed by atoms with E-state index in [2.05, 4.69) is 203 Å². The smallest absolute Gasteiger partial charge is 0.143 e. The molecule has 4 nitrogen and oxygen atoms in total. The second-order valence-electron chi connectivity index (χ2n) is 16.8. The fraction of sp³-hybridized carbons (Fsp3) is 0. The Morgan fingerprint density at radius 3 is 1.30 bits per heavy atom. The van der Waals surface area contributed by atoms with Crippen LogP contribution in [-0.4, -0.2) is 4.40 Å². The van der Waals surface area contributed by atoms with Gasteiger partial charge in [-0.25, -0.2) is 0 Å². The van der Waals surface area contributed by atoms with Crippen LogP contribution in [0.2, 0.25) is 0 Å². The molecule has 0 N–H and O–H groups in total. The first-order valence-electron chi connectivity index (χ1n) is 21.8. The number of hydrogen-bond acceptors (Lipinski definition) is 3. The minimum Gasteiger partial charge on any atom is -0.455 e. The highest BCUT2D eigenvalue weighted by atomic mass is 16.3. The van der Waals surface area contributed by atoms with E-state index in [1.807, 2.05) is 24.3 Å². The van der Waals surface area contributed by atoms with E-state index in [0.717, 1.165) is 83.2 Å². The number of benzene rings is 10. The van der Waals surface area contributed by atoms with Gasteiger partial charge < -0.3 is 18.1 Å². The summed E-state index contributed by atoms with van der Waals surface area (Å²) in [5.41, 5.74) is 17.3. The van der Waals surface area contributed by atoms with Crippen molar-refractivity contribution in [2.45, 2.75) is 0 Å². The number of para-hydroxylation sites is 6. The van der Waals surface area contributed by atoms with Crippen molar-refractivity contribution in [1.82, 2.24) is 4.40 Å².